The van der Waals surface area contributed by atoms with Gasteiger partial charge in [0.05, 0.1) is 5.69 Å². The predicted molar refractivity (Wildman–Crippen MR) is 241 cm³/mol. The van der Waals surface area contributed by atoms with E-state index in [-0.39, 0.29) is 10.8 Å². The number of allylic oxidation sites excluding steroid dienone is 2. The molecule has 0 aromatic heterocycles. The summed E-state index contributed by atoms with van der Waals surface area (Å²) in [6.07, 6.45) is 8.18. The molecule has 8 aromatic rings. The van der Waals surface area contributed by atoms with Crippen LogP contribution < -0.4 is 9.80 Å². The van der Waals surface area contributed by atoms with E-state index in [0.717, 1.165) is 42.0 Å². The molecular weight excluding hydrogens is 689 g/mol. The van der Waals surface area contributed by atoms with Gasteiger partial charge in [-0.05, 0) is 125 Å². The van der Waals surface area contributed by atoms with Crippen LogP contribution in [0.25, 0.3) is 21.9 Å². The third-order valence-electron chi connectivity index (χ3n) is 12.5. The fourth-order valence-corrected chi connectivity index (χ4v) is 9.59. The monoisotopic (exact) mass is 734 g/mol. The molecule has 2 nitrogen and oxygen atoms in total. The van der Waals surface area contributed by atoms with Gasteiger partial charge in [0.15, 0.2) is 0 Å². The lowest BCUT2D eigenvalue weighted by molar-refractivity contribution is 0.530. The number of anilines is 6. The molecule has 0 aliphatic heterocycles. The number of benzene rings is 8. The Hall–Kier alpha value is -6.64. The second kappa shape index (κ2) is 14.1. The molecule has 0 spiro atoms. The zero-order valence-corrected chi connectivity index (χ0v) is 32.6. The molecule has 0 bridgehead atoms. The third kappa shape index (κ3) is 5.95. The Morgan fingerprint density at radius 2 is 0.982 bits per heavy atom. The van der Waals surface area contributed by atoms with Crippen LogP contribution in [0.5, 0.6) is 0 Å². The molecule has 10 rings (SSSR count). The van der Waals surface area contributed by atoms with E-state index >= 15 is 0 Å². The number of rotatable bonds is 8. The Kier molecular flexibility index (Phi) is 8.64. The number of nitrogens with zero attached hydrogens (tertiary/aromatic N) is 2. The maximum Gasteiger partial charge on any atom is 0.0540 e. The number of hydrogen-bond acceptors (Lipinski definition) is 2. The van der Waals surface area contributed by atoms with Crippen molar-refractivity contribution < 1.29 is 0 Å². The predicted octanol–water partition coefficient (Wildman–Crippen LogP) is 15.1. The van der Waals surface area contributed by atoms with Crippen molar-refractivity contribution >= 4 is 44.9 Å². The summed E-state index contributed by atoms with van der Waals surface area (Å²) in [5.74, 6) is 0. The van der Waals surface area contributed by atoms with Crippen molar-refractivity contribution in [2.45, 2.75) is 43.9 Å². The standard InChI is InChI=1S/C55H46N2/c1-54(2)51-25-13-12-24-49(51)50-36-35-47(39-52(50)54)56(43-19-6-3-7-20-43)45-31-27-41(28-32-45)55(37-14-5-15-38-55)42-29-33-46(34-30-42)57(44-21-8-4-9-22-44)53-26-16-18-40-17-10-11-23-48(40)53/h3-4,6-14,16-37,39H,5,15,38H2,1-2H3. The fourth-order valence-electron chi connectivity index (χ4n) is 9.59. The summed E-state index contributed by atoms with van der Waals surface area (Å²) in [6.45, 7) is 4.71. The van der Waals surface area contributed by atoms with E-state index in [1.807, 2.05) is 0 Å². The van der Waals surface area contributed by atoms with Gasteiger partial charge in [0.25, 0.3) is 0 Å². The van der Waals surface area contributed by atoms with Gasteiger partial charge in [-0.1, -0.05) is 153 Å². The van der Waals surface area contributed by atoms with Crippen molar-refractivity contribution in [3.8, 4) is 11.1 Å². The minimum atomic E-state index is -0.215. The van der Waals surface area contributed by atoms with E-state index < -0.39 is 0 Å². The van der Waals surface area contributed by atoms with Gasteiger partial charge in [-0.25, -0.2) is 0 Å². The number of fused-ring (bicyclic) bond motifs is 4. The first-order chi connectivity index (χ1) is 28.0. The van der Waals surface area contributed by atoms with Crippen molar-refractivity contribution in [1.29, 1.82) is 0 Å². The highest BCUT2D eigenvalue weighted by Crippen LogP contribution is 2.51. The summed E-state index contributed by atoms with van der Waals surface area (Å²) in [4.78, 5) is 4.80. The molecule has 8 aromatic carbocycles. The highest BCUT2D eigenvalue weighted by atomic mass is 15.1. The maximum absolute atomic E-state index is 2.47. The zero-order chi connectivity index (χ0) is 38.4. The van der Waals surface area contributed by atoms with E-state index in [2.05, 4.69) is 230 Å². The van der Waals surface area contributed by atoms with Crippen LogP contribution in [0, 0.1) is 0 Å². The molecule has 1 atom stereocenters. The van der Waals surface area contributed by atoms with Gasteiger partial charge in [0, 0.05) is 44.7 Å². The number of hydrogen-bond donors (Lipinski definition) is 0. The SMILES string of the molecule is CC1(C)c2ccccc2-c2ccc(N(c3ccccc3)c3ccc(C4(c5ccc(N(c6ccccc6)c6cccc7ccccc67)cc5)C=CCCC4)cc3)cc21. The Morgan fingerprint density at radius 1 is 0.439 bits per heavy atom. The largest absolute Gasteiger partial charge is 0.310 e. The molecule has 0 fully saturated rings. The zero-order valence-electron chi connectivity index (χ0n) is 32.6. The summed E-state index contributed by atoms with van der Waals surface area (Å²) in [6, 6.07) is 71.4. The van der Waals surface area contributed by atoms with Gasteiger partial charge in [0.2, 0.25) is 0 Å². The van der Waals surface area contributed by atoms with Gasteiger partial charge in [-0.15, -0.1) is 0 Å². The highest BCUT2D eigenvalue weighted by molar-refractivity contribution is 5.99. The molecule has 2 aliphatic carbocycles. The van der Waals surface area contributed by atoms with Crippen LogP contribution in [-0.2, 0) is 10.8 Å². The summed E-state index contributed by atoms with van der Waals surface area (Å²) < 4.78 is 0. The Balaban J connectivity index is 1.03. The van der Waals surface area contributed by atoms with Crippen LogP contribution in [0.2, 0.25) is 0 Å². The van der Waals surface area contributed by atoms with E-state index in [9.17, 15) is 0 Å². The van der Waals surface area contributed by atoms with Crippen molar-refractivity contribution in [3.05, 3.63) is 229 Å². The van der Waals surface area contributed by atoms with Gasteiger partial charge >= 0.3 is 0 Å². The lowest BCUT2D eigenvalue weighted by Gasteiger charge is -2.36. The molecule has 276 valence electrons. The van der Waals surface area contributed by atoms with Crippen molar-refractivity contribution in [2.24, 2.45) is 0 Å². The van der Waals surface area contributed by atoms with Crippen LogP contribution in [0.4, 0.5) is 34.1 Å². The summed E-state index contributed by atoms with van der Waals surface area (Å²) >= 11 is 0. The van der Waals surface area contributed by atoms with Crippen LogP contribution in [0.15, 0.2) is 206 Å². The van der Waals surface area contributed by atoms with Crippen LogP contribution in [0.3, 0.4) is 0 Å². The van der Waals surface area contributed by atoms with Crippen LogP contribution in [-0.4, -0.2) is 0 Å². The average molecular weight is 735 g/mol. The molecular formula is C55H46N2. The molecule has 0 radical (unpaired) electrons. The minimum absolute atomic E-state index is 0.0730. The summed E-state index contributed by atoms with van der Waals surface area (Å²) in [5, 5.41) is 2.47. The van der Waals surface area contributed by atoms with E-state index in [1.165, 1.54) is 55.5 Å². The summed E-state index contributed by atoms with van der Waals surface area (Å²) in [5.41, 5.74) is 14.7. The van der Waals surface area contributed by atoms with Crippen molar-refractivity contribution in [2.75, 3.05) is 9.80 Å². The fraction of sp³-hybridized carbons (Fsp3) is 0.127. The molecule has 1 unspecified atom stereocenters. The summed E-state index contributed by atoms with van der Waals surface area (Å²) in [7, 11) is 0. The lowest BCUT2D eigenvalue weighted by Crippen LogP contribution is -2.27. The second-order valence-electron chi connectivity index (χ2n) is 16.1. The third-order valence-corrected chi connectivity index (χ3v) is 12.5. The lowest BCUT2D eigenvalue weighted by atomic mass is 9.69. The number of para-hydroxylation sites is 2. The van der Waals surface area contributed by atoms with Crippen molar-refractivity contribution in [3.63, 3.8) is 0 Å². The van der Waals surface area contributed by atoms with E-state index in [4.69, 9.17) is 0 Å². The first-order valence-corrected chi connectivity index (χ1v) is 20.3. The maximum atomic E-state index is 2.47. The van der Waals surface area contributed by atoms with E-state index in [0.29, 0.717) is 0 Å². The highest BCUT2D eigenvalue weighted by Gasteiger charge is 2.36. The Bertz CT molecular complexity index is 2720. The molecule has 0 saturated heterocycles. The molecule has 0 heterocycles. The molecule has 2 heteroatoms. The molecule has 0 saturated carbocycles. The molecule has 0 amide bonds. The van der Waals surface area contributed by atoms with Gasteiger partial charge < -0.3 is 9.80 Å². The first kappa shape index (κ1) is 34.8. The van der Waals surface area contributed by atoms with Gasteiger partial charge in [-0.3, -0.25) is 0 Å². The van der Waals surface area contributed by atoms with Crippen LogP contribution in [0.1, 0.15) is 55.4 Å². The molecule has 57 heavy (non-hydrogen) atoms. The minimum Gasteiger partial charge on any atom is -0.310 e. The average Bonchev–Trinajstić information content (AvgIpc) is 3.50. The Morgan fingerprint density at radius 3 is 1.67 bits per heavy atom. The Labute approximate surface area is 337 Å². The second-order valence-corrected chi connectivity index (χ2v) is 16.1. The van der Waals surface area contributed by atoms with Gasteiger partial charge in [-0.2, -0.15) is 0 Å². The smallest absolute Gasteiger partial charge is 0.0540 e. The topological polar surface area (TPSA) is 6.48 Å². The normalized spacial score (nSPS) is 16.5. The molecule has 2 aliphatic rings. The van der Waals surface area contributed by atoms with E-state index in [1.54, 1.807) is 0 Å². The van der Waals surface area contributed by atoms with Crippen LogP contribution >= 0.6 is 0 Å². The van der Waals surface area contributed by atoms with Crippen molar-refractivity contribution in [1.82, 2.24) is 0 Å². The quantitative estimate of drug-likeness (QED) is 0.143. The van der Waals surface area contributed by atoms with Gasteiger partial charge in [0.1, 0.15) is 0 Å². The first-order valence-electron chi connectivity index (χ1n) is 20.3. The molecule has 0 N–H and O–H groups in total.